The van der Waals surface area contributed by atoms with Gasteiger partial charge in [0.2, 0.25) is 0 Å². The van der Waals surface area contributed by atoms with Gasteiger partial charge < -0.3 is 5.73 Å². The Bertz CT molecular complexity index is 271. The van der Waals surface area contributed by atoms with Crippen LogP contribution in [0.3, 0.4) is 0 Å². The first-order valence-electron chi connectivity index (χ1n) is 6.22. The molecular formula is C14H24N2. The van der Waals surface area contributed by atoms with Crippen molar-refractivity contribution in [2.24, 2.45) is 11.7 Å². The quantitative estimate of drug-likeness (QED) is 0.765. The average molecular weight is 220 g/mol. The predicted molar refractivity (Wildman–Crippen MR) is 70.2 cm³/mol. The van der Waals surface area contributed by atoms with Crippen LogP contribution in [-0.2, 0) is 6.54 Å². The van der Waals surface area contributed by atoms with Crippen LogP contribution in [0.15, 0.2) is 30.3 Å². The van der Waals surface area contributed by atoms with Crippen molar-refractivity contribution in [1.29, 1.82) is 0 Å². The van der Waals surface area contributed by atoms with E-state index in [2.05, 4.69) is 49.1 Å². The van der Waals surface area contributed by atoms with Gasteiger partial charge in [-0.3, -0.25) is 4.90 Å². The van der Waals surface area contributed by atoms with E-state index in [1.807, 2.05) is 0 Å². The minimum atomic E-state index is 0.579. The fourth-order valence-electron chi connectivity index (χ4n) is 1.91. The molecule has 1 aromatic carbocycles. The van der Waals surface area contributed by atoms with E-state index in [0.717, 1.165) is 26.2 Å². The molecule has 0 bridgehead atoms. The van der Waals surface area contributed by atoms with E-state index in [1.54, 1.807) is 0 Å². The summed E-state index contributed by atoms with van der Waals surface area (Å²) in [6.07, 6.45) is 1.20. The largest absolute Gasteiger partial charge is 0.330 e. The van der Waals surface area contributed by atoms with Gasteiger partial charge in [-0.1, -0.05) is 44.2 Å². The Hall–Kier alpha value is -0.860. The van der Waals surface area contributed by atoms with Crippen LogP contribution in [-0.4, -0.2) is 24.5 Å². The molecule has 1 atom stereocenters. The third-order valence-corrected chi connectivity index (χ3v) is 2.76. The molecular weight excluding hydrogens is 196 g/mol. The molecule has 0 amide bonds. The molecule has 2 N–H and O–H groups in total. The van der Waals surface area contributed by atoms with E-state index < -0.39 is 0 Å². The van der Waals surface area contributed by atoms with Crippen molar-refractivity contribution in [3.63, 3.8) is 0 Å². The van der Waals surface area contributed by atoms with Gasteiger partial charge in [-0.25, -0.2) is 0 Å². The van der Waals surface area contributed by atoms with Crippen LogP contribution in [0, 0.1) is 5.92 Å². The third kappa shape index (κ3) is 4.77. The lowest BCUT2D eigenvalue weighted by Crippen LogP contribution is -2.31. The fraction of sp³-hybridized carbons (Fsp3) is 0.571. The molecule has 16 heavy (non-hydrogen) atoms. The molecule has 2 nitrogen and oxygen atoms in total. The second kappa shape index (κ2) is 7.42. The van der Waals surface area contributed by atoms with Crippen molar-refractivity contribution in [3.05, 3.63) is 35.9 Å². The van der Waals surface area contributed by atoms with Crippen LogP contribution < -0.4 is 5.73 Å². The maximum atomic E-state index is 5.68. The Morgan fingerprint density at radius 3 is 2.50 bits per heavy atom. The number of nitrogens with two attached hydrogens (primary N) is 1. The van der Waals surface area contributed by atoms with E-state index >= 15 is 0 Å². The van der Waals surface area contributed by atoms with Gasteiger partial charge in [-0.2, -0.15) is 0 Å². The molecule has 0 spiro atoms. The molecule has 0 heterocycles. The van der Waals surface area contributed by atoms with Crippen molar-refractivity contribution in [1.82, 2.24) is 4.90 Å². The molecule has 0 aliphatic rings. The lowest BCUT2D eigenvalue weighted by atomic mass is 10.1. The summed E-state index contributed by atoms with van der Waals surface area (Å²) >= 11 is 0. The zero-order valence-electron chi connectivity index (χ0n) is 10.5. The lowest BCUT2D eigenvalue weighted by molar-refractivity contribution is 0.232. The smallest absolute Gasteiger partial charge is 0.0233 e. The summed E-state index contributed by atoms with van der Waals surface area (Å²) in [6, 6.07) is 10.7. The Labute approximate surface area is 99.5 Å². The molecule has 0 radical (unpaired) electrons. The van der Waals surface area contributed by atoms with Crippen LogP contribution in [0.5, 0.6) is 0 Å². The summed E-state index contributed by atoms with van der Waals surface area (Å²) in [6.45, 7) is 8.51. The highest BCUT2D eigenvalue weighted by atomic mass is 15.1. The molecule has 1 unspecified atom stereocenters. The van der Waals surface area contributed by atoms with Crippen LogP contribution in [0.4, 0.5) is 0 Å². The zero-order chi connectivity index (χ0) is 11.8. The maximum absolute atomic E-state index is 5.68. The summed E-state index contributed by atoms with van der Waals surface area (Å²) in [5.74, 6) is 0.579. The normalized spacial score (nSPS) is 13.0. The van der Waals surface area contributed by atoms with E-state index in [9.17, 15) is 0 Å². The Morgan fingerprint density at radius 2 is 1.94 bits per heavy atom. The van der Waals surface area contributed by atoms with E-state index in [-0.39, 0.29) is 0 Å². The zero-order valence-corrected chi connectivity index (χ0v) is 10.5. The Balaban J connectivity index is 2.50. The molecule has 0 saturated heterocycles. The fourth-order valence-corrected chi connectivity index (χ4v) is 1.91. The van der Waals surface area contributed by atoms with Crippen molar-refractivity contribution < 1.29 is 0 Å². The molecule has 1 aromatic rings. The molecule has 0 aliphatic carbocycles. The van der Waals surface area contributed by atoms with Crippen LogP contribution >= 0.6 is 0 Å². The molecule has 0 aromatic heterocycles. The highest BCUT2D eigenvalue weighted by Crippen LogP contribution is 2.07. The van der Waals surface area contributed by atoms with Crippen LogP contribution in [0.2, 0.25) is 0 Å². The number of hydrogen-bond donors (Lipinski definition) is 1. The summed E-state index contributed by atoms with van der Waals surface area (Å²) in [4.78, 5) is 2.49. The topological polar surface area (TPSA) is 29.3 Å². The highest BCUT2D eigenvalue weighted by Gasteiger charge is 2.08. The summed E-state index contributed by atoms with van der Waals surface area (Å²) in [5.41, 5.74) is 7.07. The van der Waals surface area contributed by atoms with Crippen molar-refractivity contribution in [2.75, 3.05) is 19.6 Å². The molecule has 0 aliphatic heterocycles. The van der Waals surface area contributed by atoms with Gasteiger partial charge in [0, 0.05) is 13.1 Å². The summed E-state index contributed by atoms with van der Waals surface area (Å²) in [7, 11) is 0. The summed E-state index contributed by atoms with van der Waals surface area (Å²) in [5, 5.41) is 0. The number of benzene rings is 1. The van der Waals surface area contributed by atoms with Gasteiger partial charge >= 0.3 is 0 Å². The van der Waals surface area contributed by atoms with Crippen molar-refractivity contribution in [3.8, 4) is 0 Å². The molecule has 1 rings (SSSR count). The van der Waals surface area contributed by atoms with Gasteiger partial charge in [0.1, 0.15) is 0 Å². The average Bonchev–Trinajstić information content (AvgIpc) is 2.30. The SMILES string of the molecule is CCCN(Cc1ccccc1)CC(C)CN. The predicted octanol–water partition coefficient (Wildman–Crippen LogP) is 2.49. The minimum absolute atomic E-state index is 0.579. The van der Waals surface area contributed by atoms with Gasteiger partial charge in [0.15, 0.2) is 0 Å². The van der Waals surface area contributed by atoms with E-state index in [4.69, 9.17) is 5.73 Å². The number of rotatable bonds is 7. The van der Waals surface area contributed by atoms with Crippen molar-refractivity contribution >= 4 is 0 Å². The second-order valence-corrected chi connectivity index (χ2v) is 4.56. The third-order valence-electron chi connectivity index (χ3n) is 2.76. The second-order valence-electron chi connectivity index (χ2n) is 4.56. The Morgan fingerprint density at radius 1 is 1.25 bits per heavy atom. The minimum Gasteiger partial charge on any atom is -0.330 e. The molecule has 0 saturated carbocycles. The first-order chi connectivity index (χ1) is 7.76. The van der Waals surface area contributed by atoms with Crippen LogP contribution in [0.1, 0.15) is 25.8 Å². The van der Waals surface area contributed by atoms with Crippen LogP contribution in [0.25, 0.3) is 0 Å². The number of nitrogens with zero attached hydrogens (tertiary/aromatic N) is 1. The van der Waals surface area contributed by atoms with E-state index in [0.29, 0.717) is 5.92 Å². The van der Waals surface area contributed by atoms with E-state index in [1.165, 1.54) is 12.0 Å². The van der Waals surface area contributed by atoms with Crippen molar-refractivity contribution in [2.45, 2.75) is 26.8 Å². The monoisotopic (exact) mass is 220 g/mol. The van der Waals surface area contributed by atoms with Gasteiger partial charge in [0.05, 0.1) is 0 Å². The summed E-state index contributed by atoms with van der Waals surface area (Å²) < 4.78 is 0. The maximum Gasteiger partial charge on any atom is 0.0233 e. The standard InChI is InChI=1S/C14H24N2/c1-3-9-16(11-13(2)10-15)12-14-7-5-4-6-8-14/h4-8,13H,3,9-12,15H2,1-2H3. The van der Waals surface area contributed by atoms with Gasteiger partial charge in [-0.05, 0) is 31.0 Å². The molecule has 2 heteroatoms. The first-order valence-corrected chi connectivity index (χ1v) is 6.22. The first kappa shape index (κ1) is 13.2. The highest BCUT2D eigenvalue weighted by molar-refractivity contribution is 5.14. The lowest BCUT2D eigenvalue weighted by Gasteiger charge is -2.24. The van der Waals surface area contributed by atoms with Gasteiger partial charge in [-0.15, -0.1) is 0 Å². The molecule has 90 valence electrons. The number of hydrogen-bond acceptors (Lipinski definition) is 2. The van der Waals surface area contributed by atoms with Gasteiger partial charge in [0.25, 0.3) is 0 Å². The Kier molecular flexibility index (Phi) is 6.12. The molecule has 0 fully saturated rings.